The van der Waals surface area contributed by atoms with Crippen molar-refractivity contribution < 1.29 is 14.3 Å². The molecule has 0 rings (SSSR count). The molecular weight excluding hydrogens is 194 g/mol. The van der Waals surface area contributed by atoms with Crippen LogP contribution in [0.5, 0.6) is 0 Å². The second-order valence-electron chi connectivity index (χ2n) is 4.48. The SMILES string of the molecule is COC(=O)C(C)NC(C)CC(C)(C)OC. The minimum Gasteiger partial charge on any atom is -0.468 e. The molecule has 0 aliphatic heterocycles. The van der Waals surface area contributed by atoms with E-state index in [1.165, 1.54) is 7.11 Å². The first-order chi connectivity index (χ1) is 6.82. The van der Waals surface area contributed by atoms with Gasteiger partial charge in [-0.05, 0) is 34.1 Å². The molecule has 90 valence electrons. The van der Waals surface area contributed by atoms with E-state index in [1.54, 1.807) is 14.0 Å². The predicted octanol–water partition coefficient (Wildman–Crippen LogP) is 1.34. The van der Waals surface area contributed by atoms with Gasteiger partial charge < -0.3 is 14.8 Å². The van der Waals surface area contributed by atoms with Crippen molar-refractivity contribution >= 4 is 5.97 Å². The van der Waals surface area contributed by atoms with Gasteiger partial charge >= 0.3 is 5.97 Å². The fraction of sp³-hybridized carbons (Fsp3) is 0.909. The van der Waals surface area contributed by atoms with Crippen molar-refractivity contribution in [2.24, 2.45) is 0 Å². The Labute approximate surface area is 92.3 Å². The first-order valence-electron chi connectivity index (χ1n) is 5.21. The van der Waals surface area contributed by atoms with Crippen molar-refractivity contribution in [1.29, 1.82) is 0 Å². The molecule has 15 heavy (non-hydrogen) atoms. The summed E-state index contributed by atoms with van der Waals surface area (Å²) in [6.07, 6.45) is 0.838. The van der Waals surface area contributed by atoms with Gasteiger partial charge in [0.2, 0.25) is 0 Å². The lowest BCUT2D eigenvalue weighted by atomic mass is 9.99. The molecule has 0 heterocycles. The monoisotopic (exact) mass is 217 g/mol. The molecule has 4 heteroatoms. The standard InChI is InChI=1S/C11H23NO3/c1-8(7-11(3,4)15-6)12-9(2)10(13)14-5/h8-9,12H,7H2,1-6H3. The van der Waals surface area contributed by atoms with Crippen molar-refractivity contribution in [2.75, 3.05) is 14.2 Å². The number of carbonyl (C=O) groups is 1. The number of esters is 1. The highest BCUT2D eigenvalue weighted by atomic mass is 16.5. The lowest BCUT2D eigenvalue weighted by molar-refractivity contribution is -0.143. The van der Waals surface area contributed by atoms with Gasteiger partial charge in [0.1, 0.15) is 6.04 Å². The molecule has 0 aromatic rings. The van der Waals surface area contributed by atoms with Crippen molar-refractivity contribution in [3.05, 3.63) is 0 Å². The van der Waals surface area contributed by atoms with Crippen LogP contribution in [0, 0.1) is 0 Å². The summed E-state index contributed by atoms with van der Waals surface area (Å²) in [5.41, 5.74) is -0.178. The summed E-state index contributed by atoms with van der Waals surface area (Å²) in [5, 5.41) is 3.17. The van der Waals surface area contributed by atoms with Gasteiger partial charge in [0, 0.05) is 13.2 Å². The lowest BCUT2D eigenvalue weighted by Gasteiger charge is -2.28. The third-order valence-electron chi connectivity index (χ3n) is 2.44. The first-order valence-corrected chi connectivity index (χ1v) is 5.21. The Balaban J connectivity index is 4.03. The average Bonchev–Trinajstić information content (AvgIpc) is 2.15. The predicted molar refractivity (Wildman–Crippen MR) is 59.8 cm³/mol. The highest BCUT2D eigenvalue weighted by molar-refractivity contribution is 5.75. The van der Waals surface area contributed by atoms with Gasteiger partial charge in [-0.3, -0.25) is 4.79 Å². The number of rotatable bonds is 6. The van der Waals surface area contributed by atoms with E-state index in [2.05, 4.69) is 10.1 Å². The van der Waals surface area contributed by atoms with E-state index in [0.717, 1.165) is 6.42 Å². The fourth-order valence-electron chi connectivity index (χ4n) is 1.55. The molecule has 1 N–H and O–H groups in total. The molecule has 0 radical (unpaired) electrons. The summed E-state index contributed by atoms with van der Waals surface area (Å²) < 4.78 is 9.96. The largest absolute Gasteiger partial charge is 0.468 e. The average molecular weight is 217 g/mol. The van der Waals surface area contributed by atoms with Gasteiger partial charge in [0.15, 0.2) is 0 Å². The summed E-state index contributed by atoms with van der Waals surface area (Å²) >= 11 is 0. The smallest absolute Gasteiger partial charge is 0.322 e. The van der Waals surface area contributed by atoms with Crippen LogP contribution in [0.25, 0.3) is 0 Å². The Kier molecular flexibility index (Phi) is 5.83. The third kappa shape index (κ3) is 5.74. The summed E-state index contributed by atoms with van der Waals surface area (Å²) in [7, 11) is 3.08. The van der Waals surface area contributed by atoms with Crippen molar-refractivity contribution in [1.82, 2.24) is 5.32 Å². The molecule has 0 spiro atoms. The van der Waals surface area contributed by atoms with Gasteiger partial charge in [-0.15, -0.1) is 0 Å². The maximum absolute atomic E-state index is 11.2. The molecule has 0 aliphatic rings. The van der Waals surface area contributed by atoms with Crippen molar-refractivity contribution in [3.8, 4) is 0 Å². The second-order valence-corrected chi connectivity index (χ2v) is 4.48. The maximum atomic E-state index is 11.2. The molecule has 0 amide bonds. The Bertz CT molecular complexity index is 204. The Morgan fingerprint density at radius 2 is 1.87 bits per heavy atom. The van der Waals surface area contributed by atoms with Gasteiger partial charge in [-0.25, -0.2) is 0 Å². The molecule has 0 saturated carbocycles. The molecule has 2 atom stereocenters. The minimum atomic E-state index is -0.280. The molecule has 2 unspecified atom stereocenters. The van der Waals surface area contributed by atoms with Gasteiger partial charge in [0.25, 0.3) is 0 Å². The number of methoxy groups -OCH3 is 2. The number of carbonyl (C=O) groups excluding carboxylic acids is 1. The minimum absolute atomic E-state index is 0.178. The van der Waals surface area contributed by atoms with E-state index >= 15 is 0 Å². The van der Waals surface area contributed by atoms with Crippen LogP contribution in [0.4, 0.5) is 0 Å². The second kappa shape index (κ2) is 6.08. The third-order valence-corrected chi connectivity index (χ3v) is 2.44. The molecular formula is C11H23NO3. The molecule has 0 aliphatic carbocycles. The van der Waals surface area contributed by atoms with Crippen LogP contribution < -0.4 is 5.32 Å². The van der Waals surface area contributed by atoms with E-state index in [0.29, 0.717) is 0 Å². The Hall–Kier alpha value is -0.610. The highest BCUT2D eigenvalue weighted by Crippen LogP contribution is 2.15. The lowest BCUT2D eigenvalue weighted by Crippen LogP contribution is -2.43. The van der Waals surface area contributed by atoms with E-state index < -0.39 is 0 Å². The van der Waals surface area contributed by atoms with Crippen molar-refractivity contribution in [3.63, 3.8) is 0 Å². The van der Waals surface area contributed by atoms with Crippen LogP contribution in [0.1, 0.15) is 34.1 Å². The van der Waals surface area contributed by atoms with Gasteiger partial charge in [0.05, 0.1) is 12.7 Å². The van der Waals surface area contributed by atoms with Crippen LogP contribution in [0.3, 0.4) is 0 Å². The van der Waals surface area contributed by atoms with E-state index in [-0.39, 0.29) is 23.7 Å². The van der Waals surface area contributed by atoms with Gasteiger partial charge in [-0.1, -0.05) is 0 Å². The van der Waals surface area contributed by atoms with E-state index in [9.17, 15) is 4.79 Å². The molecule has 0 bridgehead atoms. The highest BCUT2D eigenvalue weighted by Gasteiger charge is 2.22. The summed E-state index contributed by atoms with van der Waals surface area (Å²) in [6.45, 7) is 7.87. The van der Waals surface area contributed by atoms with Crippen LogP contribution in [-0.4, -0.2) is 37.9 Å². The number of hydrogen-bond acceptors (Lipinski definition) is 4. The topological polar surface area (TPSA) is 47.6 Å². The zero-order valence-corrected chi connectivity index (χ0v) is 10.6. The van der Waals surface area contributed by atoms with Crippen LogP contribution in [-0.2, 0) is 14.3 Å². The molecule has 0 aromatic carbocycles. The molecule has 0 saturated heterocycles. The zero-order valence-electron chi connectivity index (χ0n) is 10.6. The number of nitrogens with one attached hydrogen (secondary N) is 1. The number of ether oxygens (including phenoxy) is 2. The van der Waals surface area contributed by atoms with Crippen LogP contribution >= 0.6 is 0 Å². The van der Waals surface area contributed by atoms with Crippen molar-refractivity contribution in [2.45, 2.75) is 51.8 Å². The molecule has 4 nitrogen and oxygen atoms in total. The Morgan fingerprint density at radius 1 is 1.33 bits per heavy atom. The van der Waals surface area contributed by atoms with E-state index in [4.69, 9.17) is 4.74 Å². The normalized spacial score (nSPS) is 15.9. The summed E-state index contributed by atoms with van der Waals surface area (Å²) in [5.74, 6) is -0.239. The van der Waals surface area contributed by atoms with Crippen LogP contribution in [0.2, 0.25) is 0 Å². The number of hydrogen-bond donors (Lipinski definition) is 1. The molecule has 0 fully saturated rings. The quantitative estimate of drug-likeness (QED) is 0.682. The summed E-state index contributed by atoms with van der Waals surface area (Å²) in [6, 6.07) is -0.0771. The molecule has 0 aromatic heterocycles. The zero-order chi connectivity index (χ0) is 12.1. The van der Waals surface area contributed by atoms with Gasteiger partial charge in [-0.2, -0.15) is 0 Å². The fourth-order valence-corrected chi connectivity index (χ4v) is 1.55. The summed E-state index contributed by atoms with van der Waals surface area (Å²) in [4.78, 5) is 11.2. The Morgan fingerprint density at radius 3 is 2.27 bits per heavy atom. The maximum Gasteiger partial charge on any atom is 0.322 e. The first kappa shape index (κ1) is 14.4. The van der Waals surface area contributed by atoms with Crippen LogP contribution in [0.15, 0.2) is 0 Å². The van der Waals surface area contributed by atoms with E-state index in [1.807, 2.05) is 20.8 Å².